The van der Waals surface area contributed by atoms with Gasteiger partial charge in [0.05, 0.1) is 18.4 Å². The Morgan fingerprint density at radius 3 is 2.88 bits per heavy atom. The maximum Gasteiger partial charge on any atom is 0.228 e. The van der Waals surface area contributed by atoms with Crippen molar-refractivity contribution in [3.8, 4) is 0 Å². The molecule has 0 aliphatic carbocycles. The zero-order chi connectivity index (χ0) is 16.7. The van der Waals surface area contributed by atoms with Crippen LogP contribution in [0.3, 0.4) is 0 Å². The second-order valence-corrected chi connectivity index (χ2v) is 7.02. The van der Waals surface area contributed by atoms with Gasteiger partial charge in [-0.1, -0.05) is 12.1 Å². The van der Waals surface area contributed by atoms with E-state index in [0.717, 1.165) is 12.0 Å². The monoisotopic (exact) mass is 332 g/mol. The van der Waals surface area contributed by atoms with E-state index in [1.165, 1.54) is 12.1 Å². The van der Waals surface area contributed by atoms with Crippen molar-refractivity contribution >= 4 is 11.8 Å². The molecular formula is C18H21FN2O3. The molecule has 3 aliphatic heterocycles. The summed E-state index contributed by atoms with van der Waals surface area (Å²) in [4.78, 5) is 28.7. The Morgan fingerprint density at radius 2 is 2.17 bits per heavy atom. The first-order valence-corrected chi connectivity index (χ1v) is 8.51. The van der Waals surface area contributed by atoms with E-state index in [4.69, 9.17) is 4.74 Å². The lowest BCUT2D eigenvalue weighted by atomic mass is 10.0. The van der Waals surface area contributed by atoms with E-state index in [9.17, 15) is 14.0 Å². The lowest BCUT2D eigenvalue weighted by Gasteiger charge is -2.23. The van der Waals surface area contributed by atoms with Gasteiger partial charge in [0.1, 0.15) is 5.82 Å². The Hall–Kier alpha value is -1.95. The Bertz CT molecular complexity index is 659. The van der Waals surface area contributed by atoms with Gasteiger partial charge in [-0.2, -0.15) is 0 Å². The van der Waals surface area contributed by atoms with E-state index < -0.39 is 0 Å². The SMILES string of the molecule is O=C([C@@H]1CCOC1)N1C[C@H]2CN(Cc3cccc(F)c3)C(=O)[C@H]2C1. The summed E-state index contributed by atoms with van der Waals surface area (Å²) in [5, 5.41) is 0. The number of benzene rings is 1. The van der Waals surface area contributed by atoms with Gasteiger partial charge < -0.3 is 14.5 Å². The Labute approximate surface area is 140 Å². The third-order valence-corrected chi connectivity index (χ3v) is 5.38. The number of nitrogens with zero attached hydrogens (tertiary/aromatic N) is 2. The van der Waals surface area contributed by atoms with Crippen molar-refractivity contribution in [3.05, 3.63) is 35.6 Å². The summed E-state index contributed by atoms with van der Waals surface area (Å²) >= 11 is 0. The summed E-state index contributed by atoms with van der Waals surface area (Å²) in [5.41, 5.74) is 0.805. The van der Waals surface area contributed by atoms with Crippen LogP contribution in [0.2, 0.25) is 0 Å². The molecule has 2 amide bonds. The Morgan fingerprint density at radius 1 is 1.29 bits per heavy atom. The van der Waals surface area contributed by atoms with Gasteiger partial charge in [0.2, 0.25) is 11.8 Å². The van der Waals surface area contributed by atoms with Gasteiger partial charge in [-0.3, -0.25) is 9.59 Å². The molecule has 3 heterocycles. The molecule has 0 bridgehead atoms. The molecular weight excluding hydrogens is 311 g/mol. The van der Waals surface area contributed by atoms with Crippen molar-refractivity contribution in [2.24, 2.45) is 17.8 Å². The fourth-order valence-electron chi connectivity index (χ4n) is 4.11. The van der Waals surface area contributed by atoms with E-state index in [-0.39, 0.29) is 35.4 Å². The summed E-state index contributed by atoms with van der Waals surface area (Å²) in [6.45, 7) is 3.39. The molecule has 24 heavy (non-hydrogen) atoms. The number of amides is 2. The summed E-state index contributed by atoms with van der Waals surface area (Å²) in [7, 11) is 0. The molecule has 1 aromatic rings. The van der Waals surface area contributed by atoms with E-state index in [0.29, 0.717) is 39.4 Å². The van der Waals surface area contributed by atoms with E-state index in [2.05, 4.69) is 0 Å². The first-order chi connectivity index (χ1) is 11.6. The number of hydrogen-bond donors (Lipinski definition) is 0. The Balaban J connectivity index is 1.38. The third-order valence-electron chi connectivity index (χ3n) is 5.38. The molecule has 0 spiro atoms. The number of hydrogen-bond acceptors (Lipinski definition) is 3. The van der Waals surface area contributed by atoms with Crippen LogP contribution in [0.5, 0.6) is 0 Å². The van der Waals surface area contributed by atoms with Gasteiger partial charge in [0, 0.05) is 38.7 Å². The van der Waals surface area contributed by atoms with Gasteiger partial charge in [0.25, 0.3) is 0 Å². The normalized spacial score (nSPS) is 29.4. The maximum atomic E-state index is 13.3. The van der Waals surface area contributed by atoms with Crippen LogP contribution < -0.4 is 0 Å². The number of ether oxygens (including phenoxy) is 1. The van der Waals surface area contributed by atoms with Crippen LogP contribution in [0.4, 0.5) is 4.39 Å². The van der Waals surface area contributed by atoms with Gasteiger partial charge >= 0.3 is 0 Å². The lowest BCUT2D eigenvalue weighted by Crippen LogP contribution is -2.38. The highest BCUT2D eigenvalue weighted by Gasteiger charge is 2.48. The van der Waals surface area contributed by atoms with Crippen molar-refractivity contribution in [2.75, 3.05) is 32.8 Å². The summed E-state index contributed by atoms with van der Waals surface area (Å²) in [6, 6.07) is 6.37. The molecule has 4 rings (SSSR count). The average Bonchev–Trinajstić information content (AvgIpc) is 3.27. The minimum absolute atomic E-state index is 0.0395. The third kappa shape index (κ3) is 2.79. The van der Waals surface area contributed by atoms with Crippen molar-refractivity contribution in [1.82, 2.24) is 9.80 Å². The molecule has 5 nitrogen and oxygen atoms in total. The van der Waals surface area contributed by atoms with Crippen molar-refractivity contribution in [1.29, 1.82) is 0 Å². The molecule has 3 saturated heterocycles. The molecule has 0 unspecified atom stereocenters. The summed E-state index contributed by atoms with van der Waals surface area (Å²) < 4.78 is 18.6. The highest BCUT2D eigenvalue weighted by molar-refractivity contribution is 5.85. The molecule has 0 saturated carbocycles. The number of carbonyl (C=O) groups excluding carboxylic acids is 2. The van der Waals surface area contributed by atoms with E-state index >= 15 is 0 Å². The number of likely N-dealkylation sites (tertiary alicyclic amines) is 2. The number of fused-ring (bicyclic) bond motifs is 1. The summed E-state index contributed by atoms with van der Waals surface area (Å²) in [5.74, 6) is -0.0204. The number of carbonyl (C=O) groups is 2. The first kappa shape index (κ1) is 15.6. The minimum atomic E-state index is -0.283. The van der Waals surface area contributed by atoms with Crippen LogP contribution in [0.25, 0.3) is 0 Å². The molecule has 3 atom stereocenters. The first-order valence-electron chi connectivity index (χ1n) is 8.51. The highest BCUT2D eigenvalue weighted by Crippen LogP contribution is 2.34. The molecule has 3 aliphatic rings. The van der Waals surface area contributed by atoms with Crippen LogP contribution in [0, 0.1) is 23.6 Å². The van der Waals surface area contributed by atoms with Crippen molar-refractivity contribution in [2.45, 2.75) is 13.0 Å². The standard InChI is InChI=1S/C18H21FN2O3/c19-15-3-1-2-12(6-15)7-20-8-14-9-21(10-16(14)18(20)23)17(22)13-4-5-24-11-13/h1-3,6,13-14,16H,4-5,7-11H2/t13-,14-,16+/m1/s1. The van der Waals surface area contributed by atoms with Crippen LogP contribution >= 0.6 is 0 Å². The minimum Gasteiger partial charge on any atom is -0.381 e. The largest absolute Gasteiger partial charge is 0.381 e. The zero-order valence-corrected chi connectivity index (χ0v) is 13.5. The van der Waals surface area contributed by atoms with Crippen LogP contribution in [-0.2, 0) is 20.9 Å². The van der Waals surface area contributed by atoms with Crippen LogP contribution in [-0.4, -0.2) is 54.5 Å². The smallest absolute Gasteiger partial charge is 0.228 e. The molecule has 0 aromatic heterocycles. The second kappa shape index (κ2) is 6.16. The topological polar surface area (TPSA) is 49.9 Å². The second-order valence-electron chi connectivity index (χ2n) is 7.02. The number of rotatable bonds is 3. The lowest BCUT2D eigenvalue weighted by molar-refractivity contribution is -0.136. The molecule has 128 valence electrons. The molecule has 1 aromatic carbocycles. The average molecular weight is 332 g/mol. The predicted octanol–water partition coefficient (Wildman–Crippen LogP) is 1.28. The van der Waals surface area contributed by atoms with Gasteiger partial charge in [-0.15, -0.1) is 0 Å². The van der Waals surface area contributed by atoms with Gasteiger partial charge in [-0.05, 0) is 24.1 Å². The quantitative estimate of drug-likeness (QED) is 0.838. The highest BCUT2D eigenvalue weighted by atomic mass is 19.1. The summed E-state index contributed by atoms with van der Waals surface area (Å²) in [6.07, 6.45) is 0.782. The fourth-order valence-corrected chi connectivity index (χ4v) is 4.11. The molecule has 6 heteroatoms. The Kier molecular flexibility index (Phi) is 4.00. The van der Waals surface area contributed by atoms with E-state index in [1.807, 2.05) is 11.0 Å². The van der Waals surface area contributed by atoms with Crippen molar-refractivity contribution in [3.63, 3.8) is 0 Å². The van der Waals surface area contributed by atoms with Crippen LogP contribution in [0.15, 0.2) is 24.3 Å². The molecule has 0 radical (unpaired) electrons. The molecule has 0 N–H and O–H groups in total. The van der Waals surface area contributed by atoms with Gasteiger partial charge in [0.15, 0.2) is 0 Å². The molecule has 3 fully saturated rings. The van der Waals surface area contributed by atoms with Crippen molar-refractivity contribution < 1.29 is 18.7 Å². The van der Waals surface area contributed by atoms with E-state index in [1.54, 1.807) is 11.0 Å². The zero-order valence-electron chi connectivity index (χ0n) is 13.5. The fraction of sp³-hybridized carbons (Fsp3) is 0.556. The maximum absolute atomic E-state index is 13.3. The predicted molar refractivity (Wildman–Crippen MR) is 84.3 cm³/mol. The number of halogens is 1. The van der Waals surface area contributed by atoms with Crippen LogP contribution in [0.1, 0.15) is 12.0 Å². The van der Waals surface area contributed by atoms with Gasteiger partial charge in [-0.25, -0.2) is 4.39 Å².